The van der Waals surface area contributed by atoms with Gasteiger partial charge in [-0.15, -0.1) is 0 Å². The van der Waals surface area contributed by atoms with Crippen LogP contribution in [0.5, 0.6) is 0 Å². The molecule has 1 saturated carbocycles. The van der Waals surface area contributed by atoms with E-state index in [4.69, 9.17) is 0 Å². The molecule has 1 aromatic carbocycles. The second-order valence-corrected chi connectivity index (χ2v) is 13.1. The van der Waals surface area contributed by atoms with Crippen LogP contribution in [0.4, 0.5) is 8.78 Å². The number of hydrogen-bond donors (Lipinski definition) is 0. The summed E-state index contributed by atoms with van der Waals surface area (Å²) in [6.07, 6.45) is 35.8. The Labute approximate surface area is 246 Å². The van der Waals surface area contributed by atoms with E-state index in [1.807, 2.05) is 0 Å². The van der Waals surface area contributed by atoms with Crippen LogP contribution < -0.4 is 0 Å². The topological polar surface area (TPSA) is 0 Å². The fourth-order valence-electron chi connectivity index (χ4n) is 7.05. The van der Waals surface area contributed by atoms with Gasteiger partial charge in [-0.3, -0.25) is 0 Å². The predicted molar refractivity (Wildman–Crippen MR) is 170 cm³/mol. The van der Waals surface area contributed by atoms with Gasteiger partial charge in [-0.2, -0.15) is 0 Å². The Kier molecular flexibility index (Phi) is 16.2. The van der Waals surface area contributed by atoms with Crippen molar-refractivity contribution in [3.8, 4) is 0 Å². The van der Waals surface area contributed by atoms with Gasteiger partial charge in [-0.25, -0.2) is 8.78 Å². The van der Waals surface area contributed by atoms with E-state index < -0.39 is 0 Å². The molecule has 0 heterocycles. The first-order valence-corrected chi connectivity index (χ1v) is 17.5. The molecule has 1 aromatic rings. The molecule has 0 radical (unpaired) electrons. The smallest absolute Gasteiger partial charge is 0.129 e. The van der Waals surface area contributed by atoms with Gasteiger partial charge in [0.05, 0.1) is 0 Å². The highest BCUT2D eigenvalue weighted by atomic mass is 19.1. The second kappa shape index (κ2) is 19.6. The lowest BCUT2D eigenvalue weighted by atomic mass is 9.75. The molecule has 0 spiro atoms. The van der Waals surface area contributed by atoms with Crippen molar-refractivity contribution in [2.75, 3.05) is 0 Å². The van der Waals surface area contributed by atoms with Gasteiger partial charge in [0.2, 0.25) is 0 Å². The summed E-state index contributed by atoms with van der Waals surface area (Å²) >= 11 is 0. The Bertz CT molecular complexity index is 850. The van der Waals surface area contributed by atoms with Crippen molar-refractivity contribution in [1.82, 2.24) is 0 Å². The largest absolute Gasteiger partial charge is 0.207 e. The lowest BCUT2D eigenvalue weighted by molar-refractivity contribution is 0.282. The fourth-order valence-corrected chi connectivity index (χ4v) is 7.05. The van der Waals surface area contributed by atoms with Crippen LogP contribution in [0.1, 0.15) is 172 Å². The van der Waals surface area contributed by atoms with Crippen molar-refractivity contribution in [3.63, 3.8) is 0 Å². The molecular formula is C38H60F2. The Morgan fingerprint density at radius 2 is 1.18 bits per heavy atom. The molecule has 0 saturated heterocycles. The molecule has 40 heavy (non-hydrogen) atoms. The van der Waals surface area contributed by atoms with Crippen molar-refractivity contribution in [2.45, 2.75) is 167 Å². The minimum absolute atomic E-state index is 0.0863. The SMILES string of the molecule is CCCCCCCCCCc1c(F)cc(C2C=CC(C3CCC(CCCCCCCCCC)CC3)=CC2)cc1F. The summed E-state index contributed by atoms with van der Waals surface area (Å²) in [4.78, 5) is 0. The van der Waals surface area contributed by atoms with E-state index in [1.54, 1.807) is 12.1 Å². The minimum atomic E-state index is -0.351. The van der Waals surface area contributed by atoms with Crippen LogP contribution >= 0.6 is 0 Å². The highest BCUT2D eigenvalue weighted by molar-refractivity contribution is 5.36. The number of hydrogen-bond acceptors (Lipinski definition) is 0. The number of halogens is 2. The molecule has 0 aliphatic heterocycles. The molecule has 2 aliphatic rings. The maximum atomic E-state index is 14.9. The average Bonchev–Trinajstić information content (AvgIpc) is 2.97. The zero-order chi connectivity index (χ0) is 28.4. The molecular weight excluding hydrogens is 494 g/mol. The summed E-state index contributed by atoms with van der Waals surface area (Å²) in [5, 5.41) is 0. The number of benzene rings is 1. The lowest BCUT2D eigenvalue weighted by Crippen LogP contribution is -2.17. The van der Waals surface area contributed by atoms with E-state index in [0.29, 0.717) is 12.3 Å². The molecule has 3 rings (SSSR count). The Morgan fingerprint density at radius 1 is 0.650 bits per heavy atom. The average molecular weight is 555 g/mol. The van der Waals surface area contributed by atoms with E-state index in [2.05, 4.69) is 32.1 Å². The van der Waals surface area contributed by atoms with Crippen LogP contribution in [0.15, 0.2) is 35.9 Å². The zero-order valence-electron chi connectivity index (χ0n) is 26.1. The first kappa shape index (κ1) is 33.1. The Balaban J connectivity index is 1.34. The molecule has 0 bridgehead atoms. The summed E-state index contributed by atoms with van der Waals surface area (Å²) in [5.74, 6) is 0.983. The van der Waals surface area contributed by atoms with Crippen molar-refractivity contribution >= 4 is 0 Å². The van der Waals surface area contributed by atoms with Crippen molar-refractivity contribution in [3.05, 3.63) is 58.7 Å². The number of allylic oxidation sites excluding steroid dienone is 4. The zero-order valence-corrected chi connectivity index (χ0v) is 26.1. The van der Waals surface area contributed by atoms with Crippen LogP contribution in [0, 0.1) is 23.5 Å². The van der Waals surface area contributed by atoms with E-state index in [9.17, 15) is 8.78 Å². The summed E-state index contributed by atoms with van der Waals surface area (Å²) < 4.78 is 29.8. The standard InChI is InChI=1S/C38H60F2/c1-3-5-7-9-11-13-15-17-19-31-21-23-32(24-22-31)33-25-27-34(28-26-33)35-29-37(39)36(38(40)30-35)20-18-16-14-12-10-8-6-4-2/h25-27,29-32,34H,3-24,28H2,1-2H3. The van der Waals surface area contributed by atoms with Crippen LogP contribution in [-0.4, -0.2) is 0 Å². The minimum Gasteiger partial charge on any atom is -0.207 e. The summed E-state index contributed by atoms with van der Waals surface area (Å²) in [7, 11) is 0. The normalized spacial score (nSPS) is 21.1. The molecule has 1 fully saturated rings. The van der Waals surface area contributed by atoms with Gasteiger partial charge in [0.15, 0.2) is 0 Å². The van der Waals surface area contributed by atoms with Crippen LogP contribution in [-0.2, 0) is 6.42 Å². The van der Waals surface area contributed by atoms with Crippen molar-refractivity contribution in [1.29, 1.82) is 0 Å². The van der Waals surface area contributed by atoms with Crippen molar-refractivity contribution in [2.24, 2.45) is 11.8 Å². The molecule has 226 valence electrons. The monoisotopic (exact) mass is 554 g/mol. The van der Waals surface area contributed by atoms with Gasteiger partial charge in [0, 0.05) is 11.5 Å². The lowest BCUT2D eigenvalue weighted by Gasteiger charge is -2.31. The van der Waals surface area contributed by atoms with Crippen molar-refractivity contribution < 1.29 is 8.78 Å². The van der Waals surface area contributed by atoms with E-state index in [-0.39, 0.29) is 23.1 Å². The van der Waals surface area contributed by atoms with E-state index in [0.717, 1.165) is 30.7 Å². The molecule has 0 amide bonds. The number of rotatable bonds is 20. The van der Waals surface area contributed by atoms with Gasteiger partial charge in [0.25, 0.3) is 0 Å². The molecule has 2 aliphatic carbocycles. The van der Waals surface area contributed by atoms with Gasteiger partial charge in [0.1, 0.15) is 11.6 Å². The summed E-state index contributed by atoms with van der Waals surface area (Å²) in [6.45, 7) is 4.52. The highest BCUT2D eigenvalue weighted by Crippen LogP contribution is 2.39. The van der Waals surface area contributed by atoms with Gasteiger partial charge in [-0.05, 0) is 80.1 Å². The van der Waals surface area contributed by atoms with Crippen LogP contribution in [0.25, 0.3) is 0 Å². The first-order chi connectivity index (χ1) is 19.6. The molecule has 1 unspecified atom stereocenters. The molecule has 0 N–H and O–H groups in total. The van der Waals surface area contributed by atoms with Crippen LogP contribution in [0.2, 0.25) is 0 Å². The van der Waals surface area contributed by atoms with E-state index in [1.165, 1.54) is 128 Å². The van der Waals surface area contributed by atoms with E-state index >= 15 is 0 Å². The Morgan fingerprint density at radius 3 is 1.70 bits per heavy atom. The third-order valence-corrected chi connectivity index (χ3v) is 9.78. The summed E-state index contributed by atoms with van der Waals surface area (Å²) in [5.41, 5.74) is 2.54. The maximum absolute atomic E-state index is 14.9. The first-order valence-electron chi connectivity index (χ1n) is 17.5. The van der Waals surface area contributed by atoms with Gasteiger partial charge < -0.3 is 0 Å². The molecule has 0 nitrogen and oxygen atoms in total. The summed E-state index contributed by atoms with van der Waals surface area (Å²) in [6, 6.07) is 3.21. The third-order valence-electron chi connectivity index (χ3n) is 9.78. The van der Waals surface area contributed by atoms with Gasteiger partial charge >= 0.3 is 0 Å². The molecule has 2 heteroatoms. The Hall–Kier alpha value is -1.44. The highest BCUT2D eigenvalue weighted by Gasteiger charge is 2.25. The quantitative estimate of drug-likeness (QED) is 0.141. The fraction of sp³-hybridized carbons (Fsp3) is 0.737. The molecule has 1 atom stereocenters. The molecule has 0 aromatic heterocycles. The maximum Gasteiger partial charge on any atom is 0.129 e. The second-order valence-electron chi connectivity index (χ2n) is 13.1. The number of unbranched alkanes of at least 4 members (excludes halogenated alkanes) is 14. The van der Waals surface area contributed by atoms with Gasteiger partial charge in [-0.1, -0.05) is 135 Å². The predicted octanol–water partition coefficient (Wildman–Crippen LogP) is 13.0. The van der Waals surface area contributed by atoms with Crippen LogP contribution in [0.3, 0.4) is 0 Å². The third kappa shape index (κ3) is 11.8.